The molecule has 0 radical (unpaired) electrons. The molecular formula is C48H77N9O11S. The number of azide groups is 1. The summed E-state index contributed by atoms with van der Waals surface area (Å²) in [5.74, 6) is -4.46. The van der Waals surface area contributed by atoms with Crippen LogP contribution >= 0.6 is 0 Å². The van der Waals surface area contributed by atoms with Gasteiger partial charge in [0.25, 0.3) is 5.91 Å². The summed E-state index contributed by atoms with van der Waals surface area (Å²) in [6.45, 7) is 14.9. The summed E-state index contributed by atoms with van der Waals surface area (Å²) in [5.41, 5.74) is 8.45. The predicted octanol–water partition coefficient (Wildman–Crippen LogP) is 4.71. The first kappa shape index (κ1) is 56.6. The van der Waals surface area contributed by atoms with E-state index in [9.17, 15) is 37.2 Å². The fourth-order valence-electron chi connectivity index (χ4n) is 10.2. The maximum atomic E-state index is 14.6. The Labute approximate surface area is 408 Å². The number of carbonyl (C=O) groups is 6. The van der Waals surface area contributed by atoms with Crippen molar-refractivity contribution in [2.45, 2.75) is 167 Å². The van der Waals surface area contributed by atoms with Gasteiger partial charge in [-0.15, -0.1) is 0 Å². The van der Waals surface area contributed by atoms with Gasteiger partial charge in [0.1, 0.15) is 23.7 Å². The molecule has 2 bridgehead atoms. The average Bonchev–Trinajstić information content (AvgIpc) is 4.06. The van der Waals surface area contributed by atoms with Crippen LogP contribution in [0.2, 0.25) is 0 Å². The van der Waals surface area contributed by atoms with Gasteiger partial charge in [0, 0.05) is 51.7 Å². The second-order valence-electron chi connectivity index (χ2n) is 20.2. The first-order chi connectivity index (χ1) is 32.5. The van der Waals surface area contributed by atoms with Crippen molar-refractivity contribution < 1.29 is 51.4 Å². The van der Waals surface area contributed by atoms with E-state index in [0.717, 1.165) is 12.8 Å². The first-order valence-corrected chi connectivity index (χ1v) is 26.0. The van der Waals surface area contributed by atoms with Crippen molar-refractivity contribution in [2.75, 3.05) is 40.1 Å². The molecule has 1 saturated carbocycles. The molecule has 0 unspecified atom stereocenters. The van der Waals surface area contributed by atoms with Gasteiger partial charge in [0.05, 0.1) is 42.4 Å². The van der Waals surface area contributed by atoms with Crippen molar-refractivity contribution in [2.24, 2.45) is 28.8 Å². The monoisotopic (exact) mass is 988 g/mol. The third-order valence-corrected chi connectivity index (χ3v) is 15.2. The molecular weight excluding hydrogens is 911 g/mol. The Morgan fingerprint density at radius 1 is 0.971 bits per heavy atom. The van der Waals surface area contributed by atoms with Crippen LogP contribution in [0.15, 0.2) is 35.4 Å². The van der Waals surface area contributed by atoms with Crippen molar-refractivity contribution in [3.63, 3.8) is 0 Å². The van der Waals surface area contributed by atoms with Gasteiger partial charge in [-0.2, -0.15) is 0 Å². The molecule has 6 amide bonds. The molecule has 0 aromatic heterocycles. The fourth-order valence-corrected chi connectivity index (χ4v) is 11.2. The third kappa shape index (κ3) is 15.0. The minimum Gasteiger partial charge on any atom is -0.444 e. The number of carbonyl (C=O) groups excluding carboxylic acids is 6. The van der Waals surface area contributed by atoms with Crippen molar-refractivity contribution in [3.05, 3.63) is 46.3 Å². The Bertz CT molecular complexity index is 2100. The maximum Gasteiger partial charge on any atom is 0.411 e. The lowest BCUT2D eigenvalue weighted by atomic mass is 9.89. The summed E-state index contributed by atoms with van der Waals surface area (Å²) in [5, 5.41) is 9.09. The van der Waals surface area contributed by atoms with E-state index in [1.807, 2.05) is 27.7 Å². The van der Waals surface area contributed by atoms with Crippen LogP contribution in [0.4, 0.5) is 4.79 Å². The molecule has 386 valence electrons. The van der Waals surface area contributed by atoms with E-state index in [1.165, 1.54) is 14.2 Å². The van der Waals surface area contributed by atoms with Gasteiger partial charge in [0.2, 0.25) is 33.7 Å². The van der Waals surface area contributed by atoms with Crippen LogP contribution < -0.4 is 15.4 Å². The number of hydrogen-bond donors (Lipinski definition) is 3. The van der Waals surface area contributed by atoms with Gasteiger partial charge in [-0.1, -0.05) is 76.5 Å². The number of sulfonamides is 1. The second kappa shape index (κ2) is 25.2. The fraction of sp³-hybridized carbons (Fsp3) is 0.750. The quantitative estimate of drug-likeness (QED) is 0.0553. The van der Waals surface area contributed by atoms with E-state index >= 15 is 0 Å². The van der Waals surface area contributed by atoms with Crippen molar-refractivity contribution in [1.29, 1.82) is 0 Å². The molecule has 21 heteroatoms. The largest absolute Gasteiger partial charge is 0.444 e. The standard InChI is InChI=1S/C48H77N9O11S/c1-12-30(4)40(55(9)46(62)39(29(2)3)52-45(61)41-33-21-22-34(27-33)57(41)47(63)68-48(6,7)8)37(66-10)28-38(58)56-24-16-20-36(56)42(67-11)31(5)43(59)51-35(26-32-18-14-13-15-19-32)44(60)53-69(64,65)25-17-23-50-54-49/h13-15,18-19,29-31,33-37,39-42H,12,16-17,20-28H2,1-11H3,(H,51,59)(H,52,61)(H,53,60)/t30-,31+,33-,34+,35-,36-,37-,39-,40-,41-,42+/m0/s1. The van der Waals surface area contributed by atoms with Crippen LogP contribution in [0, 0.1) is 23.7 Å². The number of nitrogens with zero attached hydrogens (tertiary/aromatic N) is 6. The Morgan fingerprint density at radius 3 is 2.25 bits per heavy atom. The first-order valence-electron chi connectivity index (χ1n) is 24.3. The minimum absolute atomic E-state index is 0.0120. The number of likely N-dealkylation sites (N-methyl/N-ethyl adjacent to an activating group) is 1. The molecule has 3 fully saturated rings. The molecule has 2 saturated heterocycles. The average molecular weight is 988 g/mol. The van der Waals surface area contributed by atoms with Gasteiger partial charge in [-0.05, 0) is 88.1 Å². The van der Waals surface area contributed by atoms with E-state index in [0.29, 0.717) is 37.8 Å². The molecule has 2 heterocycles. The summed E-state index contributed by atoms with van der Waals surface area (Å²) in [4.78, 5) is 91.7. The molecule has 2 aliphatic heterocycles. The van der Waals surface area contributed by atoms with Crippen LogP contribution in [0.5, 0.6) is 0 Å². The number of piperidine rings is 1. The number of amides is 6. The van der Waals surface area contributed by atoms with E-state index < -0.39 is 93.5 Å². The van der Waals surface area contributed by atoms with Crippen LogP contribution in [-0.4, -0.2) is 153 Å². The zero-order chi connectivity index (χ0) is 51.4. The number of ether oxygens (including phenoxy) is 3. The van der Waals surface area contributed by atoms with Gasteiger partial charge in [0.15, 0.2) is 0 Å². The van der Waals surface area contributed by atoms with Crippen LogP contribution in [0.3, 0.4) is 0 Å². The lowest BCUT2D eigenvalue weighted by Gasteiger charge is -2.41. The molecule has 1 aromatic carbocycles. The van der Waals surface area contributed by atoms with E-state index in [-0.39, 0.29) is 61.4 Å². The van der Waals surface area contributed by atoms with Gasteiger partial charge in [-0.3, -0.25) is 33.6 Å². The van der Waals surface area contributed by atoms with Crippen molar-refractivity contribution >= 4 is 45.7 Å². The van der Waals surface area contributed by atoms with E-state index in [1.54, 1.807) is 79.8 Å². The minimum atomic E-state index is -4.14. The highest BCUT2D eigenvalue weighted by molar-refractivity contribution is 7.90. The Balaban J connectivity index is 1.49. The maximum absolute atomic E-state index is 14.6. The molecule has 20 nitrogen and oxygen atoms in total. The zero-order valence-electron chi connectivity index (χ0n) is 42.4. The molecule has 1 aromatic rings. The number of likely N-dealkylation sites (tertiary alicyclic amines) is 2. The van der Waals surface area contributed by atoms with Crippen LogP contribution in [0.25, 0.3) is 10.4 Å². The lowest BCUT2D eigenvalue weighted by molar-refractivity contribution is -0.148. The molecule has 11 atom stereocenters. The van der Waals surface area contributed by atoms with E-state index in [2.05, 4.69) is 25.4 Å². The smallest absolute Gasteiger partial charge is 0.411 e. The lowest BCUT2D eigenvalue weighted by Crippen LogP contribution is -2.61. The highest BCUT2D eigenvalue weighted by Gasteiger charge is 2.53. The van der Waals surface area contributed by atoms with Crippen LogP contribution in [0.1, 0.15) is 112 Å². The number of rotatable bonds is 24. The molecule has 3 aliphatic rings. The molecule has 1 aliphatic carbocycles. The number of nitrogens with one attached hydrogen (secondary N) is 3. The third-order valence-electron chi connectivity index (χ3n) is 13.9. The van der Waals surface area contributed by atoms with Crippen LogP contribution in [-0.2, 0) is 54.6 Å². The Hall–Kier alpha value is -4.98. The van der Waals surface area contributed by atoms with Crippen molar-refractivity contribution in [1.82, 2.24) is 30.1 Å². The number of benzene rings is 1. The summed E-state index contributed by atoms with van der Waals surface area (Å²) in [7, 11) is 0.466. The summed E-state index contributed by atoms with van der Waals surface area (Å²) >= 11 is 0. The SMILES string of the molecule is CC[C@H](C)[C@@H]([C@H](CC(=O)N1CCC[C@H]1[C@H](OC)[C@@H](C)C(=O)N[C@@H](Cc1ccccc1)C(=O)NS(=O)(=O)CCCN=[N+]=[N-])OC)N(C)C(=O)[C@@H](NC(=O)[C@@H]1[C@H]2CC[C@H](C2)N1C(=O)OC(C)(C)C)C(C)C. The summed E-state index contributed by atoms with van der Waals surface area (Å²) < 4.78 is 45.4. The molecule has 0 spiro atoms. The molecule has 4 rings (SSSR count). The van der Waals surface area contributed by atoms with Crippen molar-refractivity contribution in [3.8, 4) is 0 Å². The highest BCUT2D eigenvalue weighted by Crippen LogP contribution is 2.43. The molecule has 3 N–H and O–H groups in total. The Kier molecular flexibility index (Phi) is 20.7. The number of hydrogen-bond acceptors (Lipinski definition) is 12. The Morgan fingerprint density at radius 2 is 1.65 bits per heavy atom. The van der Waals surface area contributed by atoms with Gasteiger partial charge < -0.3 is 34.6 Å². The molecule has 69 heavy (non-hydrogen) atoms. The second-order valence-corrected chi connectivity index (χ2v) is 22.1. The van der Waals surface area contributed by atoms with E-state index in [4.69, 9.17) is 19.7 Å². The normalized spacial score (nSPS) is 22.1. The number of fused-ring (bicyclic) bond motifs is 2. The topological polar surface area (TPSA) is 259 Å². The van der Waals surface area contributed by atoms with Gasteiger partial charge >= 0.3 is 6.09 Å². The summed E-state index contributed by atoms with van der Waals surface area (Å²) in [6.07, 6.45) is 1.77. The van der Waals surface area contributed by atoms with Gasteiger partial charge in [-0.25, -0.2) is 13.2 Å². The summed E-state index contributed by atoms with van der Waals surface area (Å²) in [6, 6.07) is 4.55. The highest BCUT2D eigenvalue weighted by atomic mass is 32.2. The number of methoxy groups -OCH3 is 2. The predicted molar refractivity (Wildman–Crippen MR) is 259 cm³/mol. The zero-order valence-corrected chi connectivity index (χ0v) is 43.2.